The topological polar surface area (TPSA) is 65.8 Å². The summed E-state index contributed by atoms with van der Waals surface area (Å²) >= 11 is 3.21. The molecule has 0 aromatic carbocycles. The Morgan fingerprint density at radius 1 is 1.50 bits per heavy atom. The van der Waals surface area contributed by atoms with E-state index >= 15 is 0 Å². The molecular formula is C12H20BrN3O3S. The van der Waals surface area contributed by atoms with Crippen molar-refractivity contribution in [3.63, 3.8) is 0 Å². The normalized spacial score (nSPS) is 22.3. The van der Waals surface area contributed by atoms with Gasteiger partial charge in [-0.25, -0.2) is 8.42 Å². The molecule has 2 rings (SSSR count). The predicted molar refractivity (Wildman–Crippen MR) is 80.0 cm³/mol. The summed E-state index contributed by atoms with van der Waals surface area (Å²) in [4.78, 5) is 2.36. The molecule has 6 nitrogen and oxygen atoms in total. The van der Waals surface area contributed by atoms with Crippen molar-refractivity contribution in [2.24, 2.45) is 0 Å². The average molecular weight is 366 g/mol. The number of hydrogen-bond donors (Lipinski definition) is 1. The van der Waals surface area contributed by atoms with Gasteiger partial charge in [0.25, 0.3) is 0 Å². The molecule has 20 heavy (non-hydrogen) atoms. The second-order valence-corrected chi connectivity index (χ2v) is 7.70. The summed E-state index contributed by atoms with van der Waals surface area (Å²) in [5.41, 5.74) is 0. The van der Waals surface area contributed by atoms with Crippen LogP contribution in [0, 0.1) is 0 Å². The Bertz CT molecular complexity index is 573. The van der Waals surface area contributed by atoms with E-state index in [1.807, 2.05) is 14.0 Å². The summed E-state index contributed by atoms with van der Waals surface area (Å²) < 4.78 is 32.6. The van der Waals surface area contributed by atoms with Gasteiger partial charge < -0.3 is 14.6 Å². The number of rotatable bonds is 4. The molecule has 1 aliphatic rings. The minimum atomic E-state index is -3.51. The van der Waals surface area contributed by atoms with Gasteiger partial charge >= 0.3 is 0 Å². The first-order valence-corrected chi connectivity index (χ1v) is 8.72. The van der Waals surface area contributed by atoms with Gasteiger partial charge in [0.2, 0.25) is 10.0 Å². The summed E-state index contributed by atoms with van der Waals surface area (Å²) in [6.07, 6.45) is 0. The summed E-state index contributed by atoms with van der Waals surface area (Å²) in [5.74, 6) is 0.597. The number of nitrogens with one attached hydrogen (secondary N) is 1. The zero-order valence-corrected chi connectivity index (χ0v) is 14.3. The third-order valence-corrected chi connectivity index (χ3v) is 6.32. The van der Waals surface area contributed by atoms with Crippen LogP contribution >= 0.6 is 15.9 Å². The largest absolute Gasteiger partial charge is 0.452 e. The van der Waals surface area contributed by atoms with E-state index in [1.165, 1.54) is 4.31 Å². The highest BCUT2D eigenvalue weighted by Gasteiger charge is 2.33. The molecule has 0 saturated carbocycles. The minimum Gasteiger partial charge on any atom is -0.452 e. The van der Waals surface area contributed by atoms with Crippen molar-refractivity contribution in [3.05, 3.63) is 16.5 Å². The molecule has 114 valence electrons. The van der Waals surface area contributed by atoms with E-state index in [1.54, 1.807) is 13.1 Å². The number of nitrogens with zero attached hydrogens (tertiary/aromatic N) is 2. The van der Waals surface area contributed by atoms with E-state index < -0.39 is 10.0 Å². The molecule has 1 aromatic rings. The number of halogens is 1. The molecule has 0 amide bonds. The molecule has 1 aromatic heterocycles. The molecule has 0 bridgehead atoms. The Labute approximate surface area is 128 Å². The lowest BCUT2D eigenvalue weighted by molar-refractivity contribution is 0.159. The van der Waals surface area contributed by atoms with Crippen molar-refractivity contribution in [3.8, 4) is 0 Å². The minimum absolute atomic E-state index is 0.208. The van der Waals surface area contributed by atoms with Crippen LogP contribution in [0.4, 0.5) is 0 Å². The molecule has 8 heteroatoms. The first kappa shape index (κ1) is 16.0. The molecular weight excluding hydrogens is 346 g/mol. The summed E-state index contributed by atoms with van der Waals surface area (Å²) in [6.45, 7) is 4.25. The van der Waals surface area contributed by atoms with Crippen LogP contribution in [0.2, 0.25) is 0 Å². The van der Waals surface area contributed by atoms with Gasteiger partial charge in [-0.15, -0.1) is 0 Å². The van der Waals surface area contributed by atoms with Crippen molar-refractivity contribution < 1.29 is 12.8 Å². The number of hydrogen-bond acceptors (Lipinski definition) is 5. The number of piperazine rings is 1. The van der Waals surface area contributed by atoms with Gasteiger partial charge in [-0.05, 0) is 36.9 Å². The van der Waals surface area contributed by atoms with Crippen LogP contribution in [0.15, 0.2) is 20.0 Å². The van der Waals surface area contributed by atoms with Crippen molar-refractivity contribution in [1.82, 2.24) is 14.5 Å². The third kappa shape index (κ3) is 3.09. The molecule has 1 N–H and O–H groups in total. The van der Waals surface area contributed by atoms with Gasteiger partial charge in [0.05, 0.1) is 6.54 Å². The lowest BCUT2D eigenvalue weighted by Crippen LogP contribution is -2.51. The Kier molecular flexibility index (Phi) is 4.91. The van der Waals surface area contributed by atoms with E-state index in [2.05, 4.69) is 26.1 Å². The number of sulfonamides is 1. The first-order chi connectivity index (χ1) is 9.36. The average Bonchev–Trinajstić information content (AvgIpc) is 2.75. The smallest absolute Gasteiger partial charge is 0.247 e. The maximum Gasteiger partial charge on any atom is 0.247 e. The quantitative estimate of drug-likeness (QED) is 0.864. The maximum atomic E-state index is 12.7. The Morgan fingerprint density at radius 2 is 2.20 bits per heavy atom. The maximum absolute atomic E-state index is 12.7. The van der Waals surface area contributed by atoms with Crippen molar-refractivity contribution >= 4 is 26.0 Å². The van der Waals surface area contributed by atoms with E-state index in [0.717, 1.165) is 6.54 Å². The van der Waals surface area contributed by atoms with Gasteiger partial charge in [-0.3, -0.25) is 0 Å². The molecule has 1 atom stereocenters. The molecule has 2 heterocycles. The fraction of sp³-hybridized carbons (Fsp3) is 0.667. The molecule has 1 unspecified atom stereocenters. The summed E-state index contributed by atoms with van der Waals surface area (Å²) in [5, 5.41) is 2.94. The van der Waals surface area contributed by atoms with E-state index in [0.29, 0.717) is 25.4 Å². The highest BCUT2D eigenvalue weighted by molar-refractivity contribution is 9.10. The second-order valence-electron chi connectivity index (χ2n) is 5.07. The summed E-state index contributed by atoms with van der Waals surface area (Å²) in [7, 11) is 0.284. The van der Waals surface area contributed by atoms with Crippen LogP contribution in [0.3, 0.4) is 0 Å². The Morgan fingerprint density at radius 3 is 2.80 bits per heavy atom. The predicted octanol–water partition coefficient (Wildman–Crippen LogP) is 1.09. The van der Waals surface area contributed by atoms with Gasteiger partial charge in [0, 0.05) is 31.7 Å². The third-order valence-electron chi connectivity index (χ3n) is 3.60. The van der Waals surface area contributed by atoms with Crippen LogP contribution in [-0.2, 0) is 16.6 Å². The fourth-order valence-corrected chi connectivity index (χ4v) is 4.68. The zero-order chi connectivity index (χ0) is 14.9. The SMILES string of the molecule is CNCc1cc(S(=O)(=O)N2CCN(C)C(C)C2)c(Br)o1. The van der Waals surface area contributed by atoms with Gasteiger partial charge in [0.15, 0.2) is 4.67 Å². The van der Waals surface area contributed by atoms with E-state index in [4.69, 9.17) is 4.42 Å². The second kappa shape index (κ2) is 6.15. The van der Waals surface area contributed by atoms with Gasteiger partial charge in [-0.1, -0.05) is 0 Å². The monoisotopic (exact) mass is 365 g/mol. The molecule has 0 spiro atoms. The van der Waals surface area contributed by atoms with E-state index in [-0.39, 0.29) is 15.6 Å². The standard InChI is InChI=1S/C12H20BrN3O3S/c1-9-8-16(5-4-15(9)3)20(17,18)11-6-10(7-14-2)19-12(11)13/h6,9,14H,4-5,7-8H2,1-3H3. The number of furan rings is 1. The molecule has 1 saturated heterocycles. The zero-order valence-electron chi connectivity index (χ0n) is 11.9. The molecule has 0 radical (unpaired) electrons. The molecule has 0 aliphatic carbocycles. The lowest BCUT2D eigenvalue weighted by Gasteiger charge is -2.36. The van der Waals surface area contributed by atoms with E-state index in [9.17, 15) is 8.42 Å². The number of likely N-dealkylation sites (N-methyl/N-ethyl adjacent to an activating group) is 1. The Hall–Kier alpha value is -0.410. The highest BCUT2D eigenvalue weighted by atomic mass is 79.9. The van der Waals surface area contributed by atoms with Crippen LogP contribution in [0.5, 0.6) is 0 Å². The lowest BCUT2D eigenvalue weighted by atomic mass is 10.2. The molecule has 1 fully saturated rings. The van der Waals surface area contributed by atoms with Crippen molar-refractivity contribution in [2.45, 2.75) is 24.4 Å². The van der Waals surface area contributed by atoms with Crippen LogP contribution in [0.1, 0.15) is 12.7 Å². The van der Waals surface area contributed by atoms with Crippen LogP contribution < -0.4 is 5.32 Å². The first-order valence-electron chi connectivity index (χ1n) is 6.49. The van der Waals surface area contributed by atoms with Crippen LogP contribution in [0.25, 0.3) is 0 Å². The van der Waals surface area contributed by atoms with Crippen LogP contribution in [-0.4, -0.2) is 57.4 Å². The van der Waals surface area contributed by atoms with Crippen molar-refractivity contribution in [1.29, 1.82) is 0 Å². The van der Waals surface area contributed by atoms with Crippen molar-refractivity contribution in [2.75, 3.05) is 33.7 Å². The summed E-state index contributed by atoms with van der Waals surface area (Å²) in [6, 6.07) is 1.79. The molecule has 1 aliphatic heterocycles. The fourth-order valence-electron chi connectivity index (χ4n) is 2.21. The van der Waals surface area contributed by atoms with Gasteiger partial charge in [0.1, 0.15) is 10.7 Å². The highest BCUT2D eigenvalue weighted by Crippen LogP contribution is 2.29. The Balaban J connectivity index is 2.26. The van der Waals surface area contributed by atoms with Gasteiger partial charge in [-0.2, -0.15) is 4.31 Å².